The number of anilines is 2. The number of aromatic nitrogens is 2. The van der Waals surface area contributed by atoms with E-state index in [0.717, 1.165) is 6.07 Å². The summed E-state index contributed by atoms with van der Waals surface area (Å²) >= 11 is 0. The van der Waals surface area contributed by atoms with Gasteiger partial charge in [-0.1, -0.05) is 6.07 Å². The van der Waals surface area contributed by atoms with Crippen LogP contribution in [0.5, 0.6) is 5.75 Å². The zero-order chi connectivity index (χ0) is 17.5. The smallest absolute Gasteiger partial charge is 0.451 e. The highest BCUT2D eigenvalue weighted by Gasteiger charge is 2.36. The number of halogens is 4. The van der Waals surface area contributed by atoms with Crippen molar-refractivity contribution in [2.45, 2.75) is 13.1 Å². The maximum atomic E-state index is 13.9. The van der Waals surface area contributed by atoms with E-state index in [1.807, 2.05) is 0 Å². The second-order valence-corrected chi connectivity index (χ2v) is 5.15. The Kier molecular flexibility index (Phi) is 3.75. The van der Waals surface area contributed by atoms with Crippen molar-refractivity contribution in [2.75, 3.05) is 5.32 Å². The lowest BCUT2D eigenvalue weighted by Gasteiger charge is -2.14. The van der Waals surface area contributed by atoms with Gasteiger partial charge in [-0.3, -0.25) is 0 Å². The average molecular weight is 337 g/mol. The molecule has 124 valence electrons. The minimum absolute atomic E-state index is 0.0209. The number of hydrogen-bond acceptors (Lipinski definition) is 4. The molecule has 1 heterocycles. The van der Waals surface area contributed by atoms with Crippen molar-refractivity contribution in [1.29, 1.82) is 0 Å². The molecule has 8 heteroatoms. The van der Waals surface area contributed by atoms with Crippen LogP contribution in [0.1, 0.15) is 11.4 Å². The fourth-order valence-electron chi connectivity index (χ4n) is 2.25. The highest BCUT2D eigenvalue weighted by atomic mass is 19.4. The summed E-state index contributed by atoms with van der Waals surface area (Å²) in [6.45, 7) is 1.66. The van der Waals surface area contributed by atoms with Gasteiger partial charge in [0, 0.05) is 11.1 Å². The van der Waals surface area contributed by atoms with Gasteiger partial charge in [0.1, 0.15) is 22.9 Å². The largest absolute Gasteiger partial charge is 0.508 e. The molecule has 0 saturated carbocycles. The predicted octanol–water partition coefficient (Wildman–Crippen LogP) is 4.55. The molecular formula is C16H11F4N3O. The normalized spacial score (nSPS) is 11.7. The summed E-state index contributed by atoms with van der Waals surface area (Å²) in [5.41, 5.74) is 0.607. The van der Waals surface area contributed by atoms with Crippen molar-refractivity contribution in [3.05, 3.63) is 53.6 Å². The zero-order valence-electron chi connectivity index (χ0n) is 12.3. The van der Waals surface area contributed by atoms with Crippen LogP contribution >= 0.6 is 0 Å². The third kappa shape index (κ3) is 2.94. The molecule has 2 aromatic carbocycles. The molecule has 0 bridgehead atoms. The molecular weight excluding hydrogens is 326 g/mol. The van der Waals surface area contributed by atoms with Crippen LogP contribution in [0.3, 0.4) is 0 Å². The first-order valence-electron chi connectivity index (χ1n) is 6.86. The number of para-hydroxylation sites is 1. The number of rotatable bonds is 2. The summed E-state index contributed by atoms with van der Waals surface area (Å²) in [6.07, 6.45) is -4.81. The molecule has 0 spiro atoms. The van der Waals surface area contributed by atoms with Crippen molar-refractivity contribution in [3.8, 4) is 5.75 Å². The minimum atomic E-state index is -4.81. The van der Waals surface area contributed by atoms with Gasteiger partial charge >= 0.3 is 6.18 Å². The number of nitrogens with zero attached hydrogens (tertiary/aromatic N) is 2. The molecule has 0 fully saturated rings. The number of benzene rings is 2. The Balaban J connectivity index is 2.20. The second kappa shape index (κ2) is 5.63. The Labute approximate surface area is 133 Å². The van der Waals surface area contributed by atoms with Crippen LogP contribution < -0.4 is 5.32 Å². The van der Waals surface area contributed by atoms with Crippen molar-refractivity contribution in [1.82, 2.24) is 9.97 Å². The van der Waals surface area contributed by atoms with Gasteiger partial charge in [0.2, 0.25) is 5.82 Å². The SMILES string of the molecule is Cc1cc(O)ccc1Nc1nc(C(F)(F)F)nc2c(F)cccc12. The van der Waals surface area contributed by atoms with Gasteiger partial charge < -0.3 is 10.4 Å². The minimum Gasteiger partial charge on any atom is -0.508 e. The molecule has 3 rings (SSSR count). The van der Waals surface area contributed by atoms with E-state index in [4.69, 9.17) is 0 Å². The molecule has 3 aromatic rings. The number of phenols is 1. The van der Waals surface area contributed by atoms with Gasteiger partial charge in [0.15, 0.2) is 0 Å². The number of alkyl halides is 3. The van der Waals surface area contributed by atoms with E-state index >= 15 is 0 Å². The molecule has 0 saturated heterocycles. The van der Waals surface area contributed by atoms with Gasteiger partial charge in [-0.25, -0.2) is 14.4 Å². The number of aromatic hydroxyl groups is 1. The Morgan fingerprint density at radius 2 is 1.83 bits per heavy atom. The molecule has 2 N–H and O–H groups in total. The topological polar surface area (TPSA) is 58.0 Å². The summed E-state index contributed by atoms with van der Waals surface area (Å²) in [6, 6.07) is 8.14. The highest BCUT2D eigenvalue weighted by Crippen LogP contribution is 2.33. The molecule has 0 aliphatic rings. The fraction of sp³-hybridized carbons (Fsp3) is 0.125. The molecule has 0 unspecified atom stereocenters. The van der Waals surface area contributed by atoms with Crippen molar-refractivity contribution >= 4 is 22.4 Å². The maximum Gasteiger partial charge on any atom is 0.451 e. The van der Waals surface area contributed by atoms with Crippen LogP contribution in [-0.2, 0) is 6.18 Å². The van der Waals surface area contributed by atoms with Crippen LogP contribution in [-0.4, -0.2) is 15.1 Å². The van der Waals surface area contributed by atoms with Gasteiger partial charge in [0.25, 0.3) is 0 Å². The zero-order valence-corrected chi connectivity index (χ0v) is 12.3. The average Bonchev–Trinajstić information content (AvgIpc) is 2.49. The summed E-state index contributed by atoms with van der Waals surface area (Å²) < 4.78 is 52.9. The van der Waals surface area contributed by atoms with Crippen molar-refractivity contribution in [2.24, 2.45) is 0 Å². The van der Waals surface area contributed by atoms with E-state index in [1.165, 1.54) is 30.3 Å². The lowest BCUT2D eigenvalue weighted by molar-refractivity contribution is -0.144. The van der Waals surface area contributed by atoms with Crippen molar-refractivity contribution < 1.29 is 22.7 Å². The lowest BCUT2D eigenvalue weighted by Crippen LogP contribution is -2.13. The van der Waals surface area contributed by atoms with Gasteiger partial charge in [-0.15, -0.1) is 0 Å². The summed E-state index contributed by atoms with van der Waals surface area (Å²) in [7, 11) is 0. The first kappa shape index (κ1) is 16.0. The molecule has 0 atom stereocenters. The molecule has 0 aliphatic heterocycles. The third-order valence-electron chi connectivity index (χ3n) is 3.39. The first-order chi connectivity index (χ1) is 11.3. The molecule has 24 heavy (non-hydrogen) atoms. The second-order valence-electron chi connectivity index (χ2n) is 5.15. The Hall–Kier alpha value is -2.90. The van der Waals surface area contributed by atoms with Crippen molar-refractivity contribution in [3.63, 3.8) is 0 Å². The fourth-order valence-corrected chi connectivity index (χ4v) is 2.25. The predicted molar refractivity (Wildman–Crippen MR) is 80.6 cm³/mol. The quantitative estimate of drug-likeness (QED) is 0.532. The van der Waals surface area contributed by atoms with Gasteiger partial charge in [-0.2, -0.15) is 13.2 Å². The van der Waals surface area contributed by atoms with E-state index in [9.17, 15) is 22.7 Å². The Bertz CT molecular complexity index is 925. The van der Waals surface area contributed by atoms with Crippen LogP contribution in [0.15, 0.2) is 36.4 Å². The maximum absolute atomic E-state index is 13.9. The Morgan fingerprint density at radius 3 is 2.50 bits per heavy atom. The summed E-state index contributed by atoms with van der Waals surface area (Å²) in [4.78, 5) is 6.79. The monoisotopic (exact) mass is 337 g/mol. The number of aryl methyl sites for hydroxylation is 1. The third-order valence-corrected chi connectivity index (χ3v) is 3.39. The van der Waals surface area contributed by atoms with Crippen LogP contribution in [0.4, 0.5) is 29.1 Å². The number of fused-ring (bicyclic) bond motifs is 1. The van der Waals surface area contributed by atoms with E-state index in [1.54, 1.807) is 6.92 Å². The Morgan fingerprint density at radius 1 is 1.08 bits per heavy atom. The van der Waals surface area contributed by atoms with E-state index < -0.39 is 23.3 Å². The molecule has 0 radical (unpaired) electrons. The number of nitrogens with one attached hydrogen (secondary N) is 1. The highest BCUT2D eigenvalue weighted by molar-refractivity contribution is 5.91. The van der Waals surface area contributed by atoms with Crippen LogP contribution in [0, 0.1) is 12.7 Å². The first-order valence-corrected chi connectivity index (χ1v) is 6.86. The number of phenolic OH excluding ortho intramolecular Hbond substituents is 1. The summed E-state index contributed by atoms with van der Waals surface area (Å²) in [5.74, 6) is -2.45. The lowest BCUT2D eigenvalue weighted by atomic mass is 10.1. The van der Waals surface area contributed by atoms with E-state index in [0.29, 0.717) is 11.3 Å². The van der Waals surface area contributed by atoms with Gasteiger partial charge in [0.05, 0.1) is 0 Å². The van der Waals surface area contributed by atoms with Crippen LogP contribution in [0.25, 0.3) is 10.9 Å². The summed E-state index contributed by atoms with van der Waals surface area (Å²) in [5, 5.41) is 12.3. The standard InChI is InChI=1S/C16H11F4N3O/c1-8-7-9(24)5-6-12(8)21-14-10-3-2-4-11(17)13(10)22-15(23-14)16(18,19)20/h2-7,24H,1H3,(H,21,22,23). The van der Waals surface area contributed by atoms with Crippen LogP contribution in [0.2, 0.25) is 0 Å². The van der Waals surface area contributed by atoms with Gasteiger partial charge in [-0.05, 0) is 42.8 Å². The molecule has 0 amide bonds. The van der Waals surface area contributed by atoms with E-state index in [-0.39, 0.29) is 17.0 Å². The number of hydrogen-bond donors (Lipinski definition) is 2. The molecule has 0 aliphatic carbocycles. The van der Waals surface area contributed by atoms with E-state index in [2.05, 4.69) is 15.3 Å². The molecule has 1 aromatic heterocycles. The molecule has 4 nitrogen and oxygen atoms in total.